The third kappa shape index (κ3) is 4.69. The van der Waals surface area contributed by atoms with Crippen molar-refractivity contribution in [3.63, 3.8) is 0 Å². The third-order valence-electron chi connectivity index (χ3n) is 2.60. The van der Waals surface area contributed by atoms with Crippen LogP contribution in [0.2, 0.25) is 0 Å². The van der Waals surface area contributed by atoms with E-state index in [9.17, 15) is 9.90 Å². The Labute approximate surface area is 109 Å². The maximum Gasteiger partial charge on any atom is 0.410 e. The van der Waals surface area contributed by atoms with Gasteiger partial charge in [-0.1, -0.05) is 0 Å². The van der Waals surface area contributed by atoms with E-state index in [4.69, 9.17) is 10.5 Å². The molecule has 1 aliphatic heterocycles. The molecule has 1 amide bonds. The molecule has 6 heteroatoms. The molecule has 0 aromatic heterocycles. The molecule has 1 saturated heterocycles. The number of nitrogens with two attached hydrogens (primary N) is 1. The minimum absolute atomic E-state index is 0. The molecule has 1 rings (SSSR count). The predicted octanol–water partition coefficient (Wildman–Crippen LogP) is 1.13. The van der Waals surface area contributed by atoms with Gasteiger partial charge in [0.25, 0.3) is 0 Å². The largest absolute Gasteiger partial charge is 0.444 e. The topological polar surface area (TPSA) is 75.8 Å². The molecule has 0 bridgehead atoms. The normalized spacial score (nSPS) is 21.2. The van der Waals surface area contributed by atoms with Crippen LogP contribution in [0.25, 0.3) is 0 Å². The van der Waals surface area contributed by atoms with Crippen molar-refractivity contribution in [3.8, 4) is 0 Å². The zero-order valence-corrected chi connectivity index (χ0v) is 11.5. The summed E-state index contributed by atoms with van der Waals surface area (Å²) in [4.78, 5) is 13.3. The molecule has 0 spiro atoms. The molecular weight excluding hydrogens is 244 g/mol. The van der Waals surface area contributed by atoms with Gasteiger partial charge in [0.2, 0.25) is 0 Å². The van der Waals surface area contributed by atoms with Crippen LogP contribution in [0, 0.1) is 0 Å². The summed E-state index contributed by atoms with van der Waals surface area (Å²) in [5.74, 6) is 0. The fourth-order valence-corrected chi connectivity index (χ4v) is 1.72. The molecule has 102 valence electrons. The van der Waals surface area contributed by atoms with Crippen molar-refractivity contribution in [2.24, 2.45) is 5.73 Å². The number of rotatable bonds is 3. The summed E-state index contributed by atoms with van der Waals surface area (Å²) in [5, 5.41) is 9.76. The molecule has 2 atom stereocenters. The summed E-state index contributed by atoms with van der Waals surface area (Å²) in [6.45, 7) is 6.57. The monoisotopic (exact) mass is 266 g/mol. The standard InChI is InChI=1S/C11H22N2O3.ClH/c1-11(2,3)16-10(15)13-7-5-8(13)9(14)4-6-12;/h8-9,14H,4-7,12H2,1-3H3;1H. The van der Waals surface area contributed by atoms with Crippen molar-refractivity contribution < 1.29 is 14.6 Å². The molecule has 0 aromatic carbocycles. The minimum atomic E-state index is -0.536. The molecule has 2 unspecified atom stereocenters. The lowest BCUT2D eigenvalue weighted by Crippen LogP contribution is -2.58. The number of aliphatic hydroxyl groups excluding tert-OH is 1. The first-order valence-corrected chi connectivity index (χ1v) is 5.73. The SMILES string of the molecule is CC(C)(C)OC(=O)N1CCC1C(O)CCN.Cl. The van der Waals surface area contributed by atoms with Crippen LogP contribution in [-0.2, 0) is 4.74 Å². The van der Waals surface area contributed by atoms with Gasteiger partial charge in [0.1, 0.15) is 5.60 Å². The van der Waals surface area contributed by atoms with E-state index in [-0.39, 0.29) is 24.5 Å². The third-order valence-corrected chi connectivity index (χ3v) is 2.60. The lowest BCUT2D eigenvalue weighted by Gasteiger charge is -2.43. The fourth-order valence-electron chi connectivity index (χ4n) is 1.72. The smallest absolute Gasteiger partial charge is 0.410 e. The zero-order valence-electron chi connectivity index (χ0n) is 10.7. The average Bonchev–Trinajstić information content (AvgIpc) is 1.97. The molecule has 1 fully saturated rings. The van der Waals surface area contributed by atoms with E-state index < -0.39 is 11.7 Å². The van der Waals surface area contributed by atoms with Crippen molar-refractivity contribution >= 4 is 18.5 Å². The van der Waals surface area contributed by atoms with Crippen LogP contribution in [0.15, 0.2) is 0 Å². The van der Waals surface area contributed by atoms with Crippen LogP contribution in [0.3, 0.4) is 0 Å². The van der Waals surface area contributed by atoms with Gasteiger partial charge >= 0.3 is 6.09 Å². The number of ether oxygens (including phenoxy) is 1. The molecule has 5 nitrogen and oxygen atoms in total. The summed E-state index contributed by atoms with van der Waals surface area (Å²) >= 11 is 0. The number of nitrogens with zero attached hydrogens (tertiary/aromatic N) is 1. The highest BCUT2D eigenvalue weighted by Crippen LogP contribution is 2.24. The highest BCUT2D eigenvalue weighted by molar-refractivity contribution is 5.85. The molecule has 0 saturated carbocycles. The number of amides is 1. The van der Waals surface area contributed by atoms with E-state index in [0.29, 0.717) is 19.5 Å². The molecule has 1 aliphatic rings. The van der Waals surface area contributed by atoms with Crippen LogP contribution < -0.4 is 5.73 Å². The lowest BCUT2D eigenvalue weighted by molar-refractivity contribution is -0.0412. The first kappa shape index (κ1) is 16.5. The fraction of sp³-hybridized carbons (Fsp3) is 0.909. The number of hydrogen-bond donors (Lipinski definition) is 2. The number of aliphatic hydroxyl groups is 1. The van der Waals surface area contributed by atoms with Crippen LogP contribution in [0.1, 0.15) is 33.6 Å². The van der Waals surface area contributed by atoms with Gasteiger partial charge in [0, 0.05) is 6.54 Å². The maximum atomic E-state index is 11.7. The number of hydrogen-bond acceptors (Lipinski definition) is 4. The predicted molar refractivity (Wildman–Crippen MR) is 68.3 cm³/mol. The van der Waals surface area contributed by atoms with Crippen molar-refractivity contribution in [1.82, 2.24) is 4.90 Å². The second kappa shape index (κ2) is 6.42. The van der Waals surface area contributed by atoms with Gasteiger partial charge in [-0.25, -0.2) is 4.79 Å². The lowest BCUT2D eigenvalue weighted by atomic mass is 9.96. The van der Waals surface area contributed by atoms with E-state index in [1.54, 1.807) is 4.90 Å². The van der Waals surface area contributed by atoms with Crippen LogP contribution in [0.4, 0.5) is 4.79 Å². The van der Waals surface area contributed by atoms with E-state index in [1.165, 1.54) is 0 Å². The Bertz CT molecular complexity index is 256. The van der Waals surface area contributed by atoms with Crippen molar-refractivity contribution in [2.75, 3.05) is 13.1 Å². The summed E-state index contributed by atoms with van der Waals surface area (Å²) in [6.07, 6.45) is 0.454. The first-order valence-electron chi connectivity index (χ1n) is 5.73. The molecule has 0 aliphatic carbocycles. The van der Waals surface area contributed by atoms with Crippen molar-refractivity contribution in [1.29, 1.82) is 0 Å². The maximum absolute atomic E-state index is 11.7. The summed E-state index contributed by atoms with van der Waals surface area (Å²) in [5.41, 5.74) is 4.88. The second-order valence-electron chi connectivity index (χ2n) is 5.17. The highest BCUT2D eigenvalue weighted by atomic mass is 35.5. The molecular formula is C11H23ClN2O3. The average molecular weight is 267 g/mol. The first-order chi connectivity index (χ1) is 7.35. The highest BCUT2D eigenvalue weighted by Gasteiger charge is 2.38. The Morgan fingerprint density at radius 1 is 1.59 bits per heavy atom. The van der Waals surface area contributed by atoms with Gasteiger partial charge in [0.05, 0.1) is 12.1 Å². The Morgan fingerprint density at radius 3 is 2.53 bits per heavy atom. The van der Waals surface area contributed by atoms with Gasteiger partial charge < -0.3 is 20.5 Å². The number of halogens is 1. The van der Waals surface area contributed by atoms with E-state index in [2.05, 4.69) is 0 Å². The number of carbonyl (C=O) groups excluding carboxylic acids is 1. The number of likely N-dealkylation sites (tertiary alicyclic amines) is 1. The number of carbonyl (C=O) groups is 1. The summed E-state index contributed by atoms with van der Waals surface area (Å²) < 4.78 is 5.24. The van der Waals surface area contributed by atoms with E-state index in [0.717, 1.165) is 6.42 Å². The molecule has 0 aromatic rings. The van der Waals surface area contributed by atoms with Crippen molar-refractivity contribution in [3.05, 3.63) is 0 Å². The van der Waals surface area contributed by atoms with Gasteiger partial charge in [-0.05, 0) is 40.2 Å². The second-order valence-corrected chi connectivity index (χ2v) is 5.17. The Hall–Kier alpha value is -0.520. The Morgan fingerprint density at radius 2 is 2.18 bits per heavy atom. The van der Waals surface area contributed by atoms with Crippen molar-refractivity contribution in [2.45, 2.75) is 51.4 Å². The Kier molecular flexibility index (Phi) is 6.23. The molecule has 1 heterocycles. The quantitative estimate of drug-likeness (QED) is 0.803. The van der Waals surface area contributed by atoms with Gasteiger partial charge in [-0.2, -0.15) is 0 Å². The van der Waals surface area contributed by atoms with Crippen LogP contribution >= 0.6 is 12.4 Å². The molecule has 0 radical (unpaired) electrons. The van der Waals surface area contributed by atoms with Gasteiger partial charge in [-0.15, -0.1) is 12.4 Å². The van der Waals surface area contributed by atoms with Crippen LogP contribution in [-0.4, -0.2) is 46.9 Å². The molecule has 3 N–H and O–H groups in total. The van der Waals surface area contributed by atoms with Gasteiger partial charge in [-0.3, -0.25) is 0 Å². The zero-order chi connectivity index (χ0) is 12.3. The van der Waals surface area contributed by atoms with E-state index in [1.807, 2.05) is 20.8 Å². The summed E-state index contributed by atoms with van der Waals surface area (Å²) in [7, 11) is 0. The summed E-state index contributed by atoms with van der Waals surface area (Å²) in [6, 6.07) is -0.126. The minimum Gasteiger partial charge on any atom is -0.444 e. The van der Waals surface area contributed by atoms with Gasteiger partial charge in [0.15, 0.2) is 0 Å². The van der Waals surface area contributed by atoms with Crippen LogP contribution in [0.5, 0.6) is 0 Å². The molecule has 17 heavy (non-hydrogen) atoms. The Balaban J connectivity index is 0.00000256. The van der Waals surface area contributed by atoms with E-state index >= 15 is 0 Å².